The van der Waals surface area contributed by atoms with Crippen molar-refractivity contribution in [3.63, 3.8) is 0 Å². The van der Waals surface area contributed by atoms with Crippen molar-refractivity contribution >= 4 is 27.8 Å². The molecule has 154 valence electrons. The summed E-state index contributed by atoms with van der Waals surface area (Å²) in [5.74, 6) is -0.399. The van der Waals surface area contributed by atoms with Crippen molar-refractivity contribution in [1.29, 1.82) is 0 Å². The number of hydrogen-bond donors (Lipinski definition) is 1. The maximum absolute atomic E-state index is 13.0. The number of benzene rings is 1. The van der Waals surface area contributed by atoms with Gasteiger partial charge in [-0.15, -0.1) is 0 Å². The maximum Gasteiger partial charge on any atom is 0.258 e. The monoisotopic (exact) mass is 417 g/mol. The number of aryl methyl sites for hydroxylation is 2. The lowest BCUT2D eigenvalue weighted by Gasteiger charge is -2.33. The molecule has 0 atom stereocenters. The minimum absolute atomic E-state index is 0.0303. The molecule has 0 radical (unpaired) electrons. The third-order valence-electron chi connectivity index (χ3n) is 4.63. The van der Waals surface area contributed by atoms with Crippen LogP contribution in [-0.2, 0) is 14.8 Å². The molecule has 29 heavy (non-hydrogen) atoms. The summed E-state index contributed by atoms with van der Waals surface area (Å²) in [4.78, 5) is 34.0. The van der Waals surface area contributed by atoms with Crippen LogP contribution in [0, 0.1) is 13.8 Å². The van der Waals surface area contributed by atoms with Gasteiger partial charge in [0.2, 0.25) is 21.9 Å². The number of carbonyl (C=O) groups excluding carboxylic acids is 2. The molecule has 3 rings (SSSR count). The first-order valence-electron chi connectivity index (χ1n) is 9.16. The highest BCUT2D eigenvalue weighted by molar-refractivity contribution is 7.89. The molecule has 2 heterocycles. The van der Waals surface area contributed by atoms with Gasteiger partial charge < -0.3 is 4.90 Å². The number of amides is 2. The van der Waals surface area contributed by atoms with Crippen LogP contribution >= 0.6 is 0 Å². The number of nitrogens with one attached hydrogen (secondary N) is 1. The van der Waals surface area contributed by atoms with Crippen molar-refractivity contribution in [2.75, 3.05) is 31.5 Å². The summed E-state index contributed by atoms with van der Waals surface area (Å²) in [6.07, 6.45) is 0. The zero-order valence-corrected chi connectivity index (χ0v) is 17.4. The van der Waals surface area contributed by atoms with Gasteiger partial charge in [-0.05, 0) is 38.1 Å². The number of sulfonamides is 1. The fourth-order valence-electron chi connectivity index (χ4n) is 3.15. The number of rotatable bonds is 4. The van der Waals surface area contributed by atoms with E-state index in [0.717, 1.165) is 0 Å². The average molecular weight is 417 g/mol. The van der Waals surface area contributed by atoms with Crippen LogP contribution in [0.5, 0.6) is 0 Å². The van der Waals surface area contributed by atoms with Crippen LogP contribution in [0.2, 0.25) is 0 Å². The number of nitrogens with zero attached hydrogens (tertiary/aromatic N) is 4. The van der Waals surface area contributed by atoms with Crippen LogP contribution in [-0.4, -0.2) is 65.6 Å². The Morgan fingerprint density at radius 1 is 1.00 bits per heavy atom. The number of anilines is 1. The molecule has 2 aromatic rings. The SMILES string of the molecule is CC(=O)N1CCN(S(=O)(=O)c2cccc(C(=O)Nc3nc(C)cc(C)n3)c2)CC1. The van der Waals surface area contributed by atoms with Gasteiger partial charge in [0.25, 0.3) is 5.91 Å². The third kappa shape index (κ3) is 4.77. The van der Waals surface area contributed by atoms with Crippen molar-refractivity contribution in [3.05, 3.63) is 47.3 Å². The second-order valence-corrected chi connectivity index (χ2v) is 8.80. The molecule has 1 aromatic heterocycles. The van der Waals surface area contributed by atoms with Crippen LogP contribution in [0.25, 0.3) is 0 Å². The van der Waals surface area contributed by atoms with Gasteiger partial charge in [-0.25, -0.2) is 18.4 Å². The molecular weight excluding hydrogens is 394 g/mol. The molecule has 1 saturated heterocycles. The smallest absolute Gasteiger partial charge is 0.258 e. The lowest BCUT2D eigenvalue weighted by atomic mass is 10.2. The largest absolute Gasteiger partial charge is 0.340 e. The highest BCUT2D eigenvalue weighted by Gasteiger charge is 2.29. The van der Waals surface area contributed by atoms with E-state index < -0.39 is 15.9 Å². The van der Waals surface area contributed by atoms with Gasteiger partial charge in [0.05, 0.1) is 4.90 Å². The van der Waals surface area contributed by atoms with Gasteiger partial charge in [0.15, 0.2) is 0 Å². The molecule has 0 aliphatic carbocycles. The Morgan fingerprint density at radius 3 is 2.21 bits per heavy atom. The maximum atomic E-state index is 13.0. The van der Waals surface area contributed by atoms with Gasteiger partial charge >= 0.3 is 0 Å². The Hall–Kier alpha value is -2.85. The standard InChI is InChI=1S/C19H23N5O4S/c1-13-11-14(2)21-19(20-13)22-18(26)16-5-4-6-17(12-16)29(27,28)24-9-7-23(8-10-24)15(3)25/h4-6,11-12H,7-10H2,1-3H3,(H,20,21,22,26). The fourth-order valence-corrected chi connectivity index (χ4v) is 4.61. The van der Waals surface area contributed by atoms with Gasteiger partial charge in [-0.1, -0.05) is 6.07 Å². The number of hydrogen-bond acceptors (Lipinski definition) is 6. The van der Waals surface area contributed by atoms with Gasteiger partial charge in [0.1, 0.15) is 0 Å². The molecular formula is C19H23N5O4S. The predicted octanol–water partition coefficient (Wildman–Crippen LogP) is 1.20. The summed E-state index contributed by atoms with van der Waals surface area (Å²) in [5, 5.41) is 2.60. The summed E-state index contributed by atoms with van der Waals surface area (Å²) in [6, 6.07) is 7.64. The molecule has 0 saturated carbocycles. The van der Waals surface area contributed by atoms with Crippen molar-refractivity contribution in [1.82, 2.24) is 19.2 Å². The summed E-state index contributed by atoms with van der Waals surface area (Å²) >= 11 is 0. The van der Waals surface area contributed by atoms with E-state index >= 15 is 0 Å². The van der Waals surface area contributed by atoms with Crippen molar-refractivity contribution in [3.8, 4) is 0 Å². The van der Waals surface area contributed by atoms with Crippen LogP contribution in [0.15, 0.2) is 35.2 Å². The number of carbonyl (C=O) groups is 2. The first kappa shape index (κ1) is 20.9. The Balaban J connectivity index is 1.78. The third-order valence-corrected chi connectivity index (χ3v) is 6.52. The number of aromatic nitrogens is 2. The lowest BCUT2D eigenvalue weighted by Crippen LogP contribution is -2.49. The molecule has 0 unspecified atom stereocenters. The van der Waals surface area contributed by atoms with E-state index in [2.05, 4.69) is 15.3 Å². The first-order valence-corrected chi connectivity index (χ1v) is 10.6. The van der Waals surface area contributed by atoms with Crippen molar-refractivity contribution in [2.45, 2.75) is 25.7 Å². The molecule has 9 nitrogen and oxygen atoms in total. The van der Waals surface area contributed by atoms with Gasteiger partial charge in [-0.3, -0.25) is 14.9 Å². The van der Waals surface area contributed by atoms with E-state index in [0.29, 0.717) is 24.5 Å². The zero-order chi connectivity index (χ0) is 21.2. The fraction of sp³-hybridized carbons (Fsp3) is 0.368. The Morgan fingerprint density at radius 2 is 1.62 bits per heavy atom. The van der Waals surface area contributed by atoms with Gasteiger partial charge in [-0.2, -0.15) is 4.31 Å². The second kappa shape index (κ2) is 8.26. The Kier molecular flexibility index (Phi) is 5.94. The molecule has 0 spiro atoms. The van der Waals surface area contributed by atoms with Crippen LogP contribution in [0.1, 0.15) is 28.7 Å². The highest BCUT2D eigenvalue weighted by Crippen LogP contribution is 2.19. The van der Waals surface area contributed by atoms with Crippen molar-refractivity contribution in [2.24, 2.45) is 0 Å². The molecule has 1 aliphatic heterocycles. The van der Waals surface area contributed by atoms with E-state index in [1.54, 1.807) is 24.8 Å². The van der Waals surface area contributed by atoms with Crippen molar-refractivity contribution < 1.29 is 18.0 Å². The van der Waals surface area contributed by atoms with E-state index in [1.165, 1.54) is 35.5 Å². The van der Waals surface area contributed by atoms with E-state index in [1.807, 2.05) is 0 Å². The van der Waals surface area contributed by atoms with Crippen LogP contribution in [0.3, 0.4) is 0 Å². The van der Waals surface area contributed by atoms with Gasteiger partial charge in [0, 0.05) is 50.1 Å². The van der Waals surface area contributed by atoms with E-state index in [4.69, 9.17) is 0 Å². The normalized spacial score (nSPS) is 15.2. The second-order valence-electron chi connectivity index (χ2n) is 6.87. The summed E-state index contributed by atoms with van der Waals surface area (Å²) in [6.45, 7) is 6.18. The minimum atomic E-state index is -3.77. The first-order chi connectivity index (χ1) is 13.7. The topological polar surface area (TPSA) is 113 Å². The zero-order valence-electron chi connectivity index (χ0n) is 16.5. The van der Waals surface area contributed by atoms with E-state index in [-0.39, 0.29) is 35.4 Å². The quantitative estimate of drug-likeness (QED) is 0.800. The summed E-state index contributed by atoms with van der Waals surface area (Å²) < 4.78 is 27.2. The molecule has 0 bridgehead atoms. The molecule has 10 heteroatoms. The summed E-state index contributed by atoms with van der Waals surface area (Å²) in [7, 11) is -3.77. The molecule has 1 fully saturated rings. The predicted molar refractivity (Wildman–Crippen MR) is 107 cm³/mol. The Bertz CT molecular complexity index is 1030. The average Bonchev–Trinajstić information content (AvgIpc) is 2.67. The van der Waals surface area contributed by atoms with Crippen LogP contribution in [0.4, 0.5) is 5.95 Å². The molecule has 2 amide bonds. The molecule has 1 N–H and O–H groups in total. The Labute approximate surface area is 169 Å². The lowest BCUT2D eigenvalue weighted by molar-refractivity contribution is -0.129. The minimum Gasteiger partial charge on any atom is -0.340 e. The van der Waals surface area contributed by atoms with Crippen LogP contribution < -0.4 is 5.32 Å². The molecule has 1 aromatic carbocycles. The van der Waals surface area contributed by atoms with E-state index in [9.17, 15) is 18.0 Å². The molecule has 1 aliphatic rings. The highest BCUT2D eigenvalue weighted by atomic mass is 32.2. The summed E-state index contributed by atoms with van der Waals surface area (Å²) in [5.41, 5.74) is 1.62. The number of piperazine rings is 1.